The van der Waals surface area contributed by atoms with Crippen LogP contribution in [0.4, 0.5) is 0 Å². The molecule has 88 valence electrons. The first-order chi connectivity index (χ1) is 7.60. The second-order valence-electron chi connectivity index (χ2n) is 4.11. The van der Waals surface area contributed by atoms with Crippen molar-refractivity contribution >= 4 is 6.41 Å². The summed E-state index contributed by atoms with van der Waals surface area (Å²) < 4.78 is 0. The van der Waals surface area contributed by atoms with Crippen LogP contribution < -0.4 is 0 Å². The highest BCUT2D eigenvalue weighted by Gasteiger charge is 2.16. The lowest BCUT2D eigenvalue weighted by Crippen LogP contribution is -2.23. The molecule has 0 spiro atoms. The summed E-state index contributed by atoms with van der Waals surface area (Å²) >= 11 is 0. The molecular formula is C13H20N2O. The van der Waals surface area contributed by atoms with Gasteiger partial charge in [-0.2, -0.15) is 0 Å². The van der Waals surface area contributed by atoms with E-state index in [-0.39, 0.29) is 0 Å². The van der Waals surface area contributed by atoms with Crippen LogP contribution in [0.3, 0.4) is 0 Å². The van der Waals surface area contributed by atoms with E-state index in [0.29, 0.717) is 0 Å². The molecule has 0 saturated carbocycles. The highest BCUT2D eigenvalue weighted by Crippen LogP contribution is 2.26. The summed E-state index contributed by atoms with van der Waals surface area (Å²) in [7, 11) is 3.75. The molecule has 0 aromatic carbocycles. The number of unbranched alkanes of at least 4 members (excludes halogenated alkanes) is 1. The zero-order valence-corrected chi connectivity index (χ0v) is 10.4. The maximum Gasteiger partial charge on any atom is 0.213 e. The number of hydrogen-bond acceptors (Lipinski definition) is 2. The minimum atomic E-state index is 0.838. The molecule has 0 bridgehead atoms. The predicted molar refractivity (Wildman–Crippen MR) is 66.4 cm³/mol. The summed E-state index contributed by atoms with van der Waals surface area (Å²) in [6.45, 7) is 6.10. The number of carbonyl (C=O) groups is 1. The molecule has 3 heteroatoms. The van der Waals surface area contributed by atoms with E-state index in [9.17, 15) is 4.79 Å². The van der Waals surface area contributed by atoms with Crippen molar-refractivity contribution in [2.75, 3.05) is 14.1 Å². The van der Waals surface area contributed by atoms with Crippen molar-refractivity contribution in [2.24, 2.45) is 0 Å². The van der Waals surface area contributed by atoms with Crippen LogP contribution >= 0.6 is 0 Å². The molecule has 1 aliphatic rings. The average Bonchev–Trinajstić information content (AvgIpc) is 2.29. The molecule has 0 aromatic heterocycles. The molecule has 16 heavy (non-hydrogen) atoms. The van der Waals surface area contributed by atoms with Crippen LogP contribution in [0.2, 0.25) is 0 Å². The molecule has 0 atom stereocenters. The van der Waals surface area contributed by atoms with Crippen molar-refractivity contribution in [1.82, 2.24) is 9.80 Å². The molecular weight excluding hydrogens is 200 g/mol. The summed E-state index contributed by atoms with van der Waals surface area (Å²) in [6.07, 6.45) is 8.14. The van der Waals surface area contributed by atoms with Gasteiger partial charge in [0.2, 0.25) is 6.41 Å². The van der Waals surface area contributed by atoms with Crippen molar-refractivity contribution in [3.05, 3.63) is 35.8 Å². The molecule has 1 rings (SSSR count). The van der Waals surface area contributed by atoms with E-state index in [1.165, 1.54) is 5.57 Å². The highest BCUT2D eigenvalue weighted by molar-refractivity contribution is 5.56. The fourth-order valence-electron chi connectivity index (χ4n) is 1.68. The van der Waals surface area contributed by atoms with Crippen LogP contribution in [0, 0.1) is 0 Å². The Morgan fingerprint density at radius 1 is 1.56 bits per heavy atom. The van der Waals surface area contributed by atoms with Crippen LogP contribution in [-0.4, -0.2) is 30.3 Å². The summed E-state index contributed by atoms with van der Waals surface area (Å²) in [4.78, 5) is 14.4. The van der Waals surface area contributed by atoms with Gasteiger partial charge in [-0.1, -0.05) is 19.9 Å². The molecule has 0 N–H and O–H groups in total. The number of hydrogen-bond donors (Lipinski definition) is 0. The predicted octanol–water partition coefficient (Wildman–Crippen LogP) is 2.49. The zero-order chi connectivity index (χ0) is 12.1. The van der Waals surface area contributed by atoms with Gasteiger partial charge in [0, 0.05) is 31.7 Å². The van der Waals surface area contributed by atoms with E-state index in [1.54, 1.807) is 11.9 Å². The second-order valence-corrected chi connectivity index (χ2v) is 4.11. The number of likely N-dealkylation sites (N-methyl/N-ethyl adjacent to an activating group) is 2. The van der Waals surface area contributed by atoms with Gasteiger partial charge in [-0.3, -0.25) is 4.79 Å². The average molecular weight is 220 g/mol. The monoisotopic (exact) mass is 220 g/mol. The Bertz CT molecular complexity index is 342. The van der Waals surface area contributed by atoms with Gasteiger partial charge in [-0.25, -0.2) is 0 Å². The molecule has 0 radical (unpaired) electrons. The van der Waals surface area contributed by atoms with Crippen molar-refractivity contribution in [1.29, 1.82) is 0 Å². The summed E-state index contributed by atoms with van der Waals surface area (Å²) in [5.41, 5.74) is 3.07. The Balaban J connectivity index is 2.91. The van der Waals surface area contributed by atoms with Gasteiger partial charge in [0.15, 0.2) is 0 Å². The maximum absolute atomic E-state index is 10.8. The molecule has 1 aliphatic heterocycles. The SMILES string of the molecule is C=C1C=C(N(C)C=O)C(CCCC)=CN1C. The molecule has 0 aliphatic carbocycles. The summed E-state index contributed by atoms with van der Waals surface area (Å²) in [6, 6.07) is 0. The van der Waals surface area contributed by atoms with Crippen LogP contribution in [0.5, 0.6) is 0 Å². The summed E-state index contributed by atoms with van der Waals surface area (Å²) in [5, 5.41) is 0. The molecule has 0 unspecified atom stereocenters. The first-order valence-corrected chi connectivity index (χ1v) is 5.62. The van der Waals surface area contributed by atoms with Gasteiger partial charge in [-0.05, 0) is 24.5 Å². The fourth-order valence-corrected chi connectivity index (χ4v) is 1.68. The molecule has 0 fully saturated rings. The first-order valence-electron chi connectivity index (χ1n) is 5.62. The number of rotatable bonds is 5. The number of nitrogens with zero attached hydrogens (tertiary/aromatic N) is 2. The van der Waals surface area contributed by atoms with Crippen molar-refractivity contribution in [3.8, 4) is 0 Å². The quantitative estimate of drug-likeness (QED) is 0.665. The van der Waals surface area contributed by atoms with Gasteiger partial charge in [0.25, 0.3) is 0 Å². The van der Waals surface area contributed by atoms with E-state index in [0.717, 1.165) is 37.1 Å². The van der Waals surface area contributed by atoms with Gasteiger partial charge in [-0.15, -0.1) is 0 Å². The van der Waals surface area contributed by atoms with Crippen LogP contribution in [0.1, 0.15) is 26.2 Å². The van der Waals surface area contributed by atoms with E-state index in [2.05, 4.69) is 19.7 Å². The number of amides is 1. The Kier molecular flexibility index (Phi) is 4.35. The second kappa shape index (κ2) is 5.54. The van der Waals surface area contributed by atoms with E-state index < -0.39 is 0 Å². The van der Waals surface area contributed by atoms with Gasteiger partial charge in [0.05, 0.1) is 0 Å². The van der Waals surface area contributed by atoms with Gasteiger partial charge in [0.1, 0.15) is 0 Å². The van der Waals surface area contributed by atoms with Gasteiger partial charge < -0.3 is 9.80 Å². The summed E-state index contributed by atoms with van der Waals surface area (Å²) in [5.74, 6) is 0. The lowest BCUT2D eigenvalue weighted by atomic mass is 10.0. The third-order valence-electron chi connectivity index (χ3n) is 2.77. The normalized spacial score (nSPS) is 15.7. The Labute approximate surface area is 97.7 Å². The van der Waals surface area contributed by atoms with E-state index in [1.807, 2.05) is 18.0 Å². The number of carbonyl (C=O) groups excluding carboxylic acids is 1. The van der Waals surface area contributed by atoms with Crippen molar-refractivity contribution in [3.63, 3.8) is 0 Å². The standard InChI is InChI=1S/C13H20N2O/c1-5-6-7-12-9-14(3)11(2)8-13(12)15(4)10-16/h8-10H,2,5-7H2,1,3-4H3. The maximum atomic E-state index is 10.8. The zero-order valence-electron chi connectivity index (χ0n) is 10.4. The smallest absolute Gasteiger partial charge is 0.213 e. The van der Waals surface area contributed by atoms with E-state index in [4.69, 9.17) is 0 Å². The molecule has 1 amide bonds. The topological polar surface area (TPSA) is 23.6 Å². The Hall–Kier alpha value is -1.51. The van der Waals surface area contributed by atoms with Crippen molar-refractivity contribution < 1.29 is 4.79 Å². The third kappa shape index (κ3) is 2.75. The Morgan fingerprint density at radius 3 is 2.81 bits per heavy atom. The molecule has 1 heterocycles. The lowest BCUT2D eigenvalue weighted by molar-refractivity contribution is -0.115. The van der Waals surface area contributed by atoms with Crippen LogP contribution in [0.25, 0.3) is 0 Å². The highest BCUT2D eigenvalue weighted by atomic mass is 16.1. The Morgan fingerprint density at radius 2 is 2.25 bits per heavy atom. The minimum absolute atomic E-state index is 0.838. The van der Waals surface area contributed by atoms with Gasteiger partial charge >= 0.3 is 0 Å². The van der Waals surface area contributed by atoms with Crippen LogP contribution in [0.15, 0.2) is 35.8 Å². The number of allylic oxidation sites excluding steroid dienone is 2. The van der Waals surface area contributed by atoms with Crippen LogP contribution in [-0.2, 0) is 4.79 Å². The van der Waals surface area contributed by atoms with E-state index >= 15 is 0 Å². The first kappa shape index (κ1) is 12.6. The lowest BCUT2D eigenvalue weighted by Gasteiger charge is -2.28. The molecule has 3 nitrogen and oxygen atoms in total. The fraction of sp³-hybridized carbons (Fsp3) is 0.462. The minimum Gasteiger partial charge on any atom is -0.351 e. The third-order valence-corrected chi connectivity index (χ3v) is 2.77. The molecule has 0 saturated heterocycles. The largest absolute Gasteiger partial charge is 0.351 e. The molecule has 0 aromatic rings. The van der Waals surface area contributed by atoms with Crippen molar-refractivity contribution in [2.45, 2.75) is 26.2 Å².